The molecule has 24 heavy (non-hydrogen) atoms. The van der Waals surface area contributed by atoms with Crippen LogP contribution in [0.15, 0.2) is 47.4 Å². The summed E-state index contributed by atoms with van der Waals surface area (Å²) in [5, 5.41) is -0.272. The van der Waals surface area contributed by atoms with Crippen molar-refractivity contribution in [1.82, 2.24) is 0 Å². The second-order valence-corrected chi connectivity index (χ2v) is 6.57. The summed E-state index contributed by atoms with van der Waals surface area (Å²) in [5.41, 5.74) is 3.49. The quantitative estimate of drug-likeness (QED) is 0.770. The topological polar surface area (TPSA) is 46.6 Å². The summed E-state index contributed by atoms with van der Waals surface area (Å²) in [7, 11) is 1.60. The van der Waals surface area contributed by atoms with Gasteiger partial charge in [-0.25, -0.2) is 4.90 Å². The number of hydrogen-bond donors (Lipinski definition) is 0. The molecule has 2 aromatic rings. The maximum atomic E-state index is 12.7. The van der Waals surface area contributed by atoms with Gasteiger partial charge >= 0.3 is 0 Å². The first-order chi connectivity index (χ1) is 11.5. The summed E-state index contributed by atoms with van der Waals surface area (Å²) in [6, 6.07) is 13.0. The van der Waals surface area contributed by atoms with Crippen molar-refractivity contribution in [2.24, 2.45) is 0 Å². The lowest BCUT2D eigenvalue weighted by Crippen LogP contribution is -2.28. The highest BCUT2D eigenvalue weighted by molar-refractivity contribution is 8.19. The first-order valence-electron chi connectivity index (χ1n) is 7.49. The Kier molecular flexibility index (Phi) is 4.44. The highest BCUT2D eigenvalue weighted by Gasteiger charge is 2.36. The Balaban J connectivity index is 1.92. The summed E-state index contributed by atoms with van der Waals surface area (Å²) in [4.78, 5) is 26.7. The van der Waals surface area contributed by atoms with Gasteiger partial charge < -0.3 is 4.74 Å². The van der Waals surface area contributed by atoms with Crippen molar-refractivity contribution in [3.63, 3.8) is 0 Å². The van der Waals surface area contributed by atoms with Crippen molar-refractivity contribution in [2.75, 3.05) is 12.0 Å². The van der Waals surface area contributed by atoms with E-state index in [1.165, 1.54) is 4.90 Å². The number of benzene rings is 2. The molecule has 0 radical (unpaired) electrons. The normalized spacial score (nSPS) is 16.1. The molecule has 122 valence electrons. The van der Waals surface area contributed by atoms with Crippen LogP contribution in [0.1, 0.15) is 16.7 Å². The first-order valence-corrected chi connectivity index (χ1v) is 8.30. The van der Waals surface area contributed by atoms with Gasteiger partial charge in [0.15, 0.2) is 0 Å². The number of imide groups is 1. The number of aryl methyl sites for hydroxylation is 2. The molecule has 1 saturated heterocycles. The van der Waals surface area contributed by atoms with Gasteiger partial charge in [-0.1, -0.05) is 29.8 Å². The minimum atomic E-state index is -0.284. The predicted octanol–water partition coefficient (Wildman–Crippen LogP) is 4.55. The smallest absolute Gasteiger partial charge is 0.298 e. The van der Waals surface area contributed by atoms with E-state index in [1.807, 2.05) is 56.3 Å². The van der Waals surface area contributed by atoms with Crippen LogP contribution in [0.5, 0.6) is 5.75 Å². The zero-order valence-corrected chi connectivity index (χ0v) is 14.5. The van der Waals surface area contributed by atoms with Crippen LogP contribution in [-0.2, 0) is 4.79 Å². The van der Waals surface area contributed by atoms with E-state index >= 15 is 0 Å². The average molecular weight is 339 g/mol. The van der Waals surface area contributed by atoms with Gasteiger partial charge in [-0.15, -0.1) is 0 Å². The first kappa shape index (κ1) is 16.3. The number of hydrogen-bond acceptors (Lipinski definition) is 4. The monoisotopic (exact) mass is 339 g/mol. The van der Waals surface area contributed by atoms with E-state index in [4.69, 9.17) is 4.74 Å². The van der Waals surface area contributed by atoms with E-state index in [1.54, 1.807) is 13.2 Å². The lowest BCUT2D eigenvalue weighted by Gasteiger charge is -2.15. The molecule has 0 saturated carbocycles. The van der Waals surface area contributed by atoms with Crippen LogP contribution >= 0.6 is 11.8 Å². The van der Waals surface area contributed by atoms with Crippen molar-refractivity contribution in [3.8, 4) is 5.75 Å². The molecule has 0 aromatic heterocycles. The molecule has 0 N–H and O–H groups in total. The molecule has 1 fully saturated rings. The Labute approximate surface area is 145 Å². The molecular formula is C19H17NO3S. The van der Waals surface area contributed by atoms with Gasteiger partial charge in [0.05, 0.1) is 17.7 Å². The molecular weight excluding hydrogens is 322 g/mol. The Bertz CT molecular complexity index is 840. The number of nitrogens with zero attached hydrogens (tertiary/aromatic N) is 1. The van der Waals surface area contributed by atoms with Gasteiger partial charge in [0.2, 0.25) is 0 Å². The summed E-state index contributed by atoms with van der Waals surface area (Å²) in [6.45, 7) is 3.88. The second kappa shape index (κ2) is 6.53. The van der Waals surface area contributed by atoms with E-state index in [0.29, 0.717) is 10.6 Å². The number of anilines is 1. The van der Waals surface area contributed by atoms with Gasteiger partial charge in [-0.2, -0.15) is 0 Å². The molecule has 0 atom stereocenters. The number of ether oxygens (including phenoxy) is 1. The van der Waals surface area contributed by atoms with Gasteiger partial charge in [0.1, 0.15) is 5.75 Å². The third-order valence-electron chi connectivity index (χ3n) is 3.80. The number of carbonyl (C=O) groups is 2. The van der Waals surface area contributed by atoms with Crippen LogP contribution in [0.4, 0.5) is 10.5 Å². The maximum Gasteiger partial charge on any atom is 0.298 e. The van der Waals surface area contributed by atoms with Crippen LogP contribution in [0.3, 0.4) is 0 Å². The molecule has 3 rings (SSSR count). The Morgan fingerprint density at radius 3 is 2.38 bits per heavy atom. The third-order valence-corrected chi connectivity index (χ3v) is 4.67. The molecule has 1 aliphatic heterocycles. The van der Waals surface area contributed by atoms with E-state index < -0.39 is 0 Å². The van der Waals surface area contributed by atoms with E-state index in [9.17, 15) is 9.59 Å². The van der Waals surface area contributed by atoms with Crippen LogP contribution < -0.4 is 9.64 Å². The fourth-order valence-electron chi connectivity index (χ4n) is 2.58. The van der Waals surface area contributed by atoms with E-state index in [2.05, 4.69) is 0 Å². The fraction of sp³-hybridized carbons (Fsp3) is 0.158. The molecule has 5 heteroatoms. The highest BCUT2D eigenvalue weighted by Crippen LogP contribution is 2.37. The largest absolute Gasteiger partial charge is 0.497 e. The summed E-state index contributed by atoms with van der Waals surface area (Å²) in [6.07, 6.45) is 1.73. The molecule has 4 nitrogen and oxygen atoms in total. The molecule has 2 amide bonds. The van der Waals surface area contributed by atoms with Crippen LogP contribution in [0.25, 0.3) is 6.08 Å². The molecule has 1 aliphatic rings. The van der Waals surface area contributed by atoms with Crippen molar-refractivity contribution < 1.29 is 14.3 Å². The molecule has 1 heterocycles. The fourth-order valence-corrected chi connectivity index (χ4v) is 3.42. The Morgan fingerprint density at radius 1 is 1.04 bits per heavy atom. The third kappa shape index (κ3) is 3.08. The van der Waals surface area contributed by atoms with Crippen LogP contribution in [-0.4, -0.2) is 18.3 Å². The van der Waals surface area contributed by atoms with Crippen molar-refractivity contribution in [3.05, 3.63) is 64.1 Å². The number of carbonyl (C=O) groups excluding carboxylic acids is 2. The molecule has 0 aliphatic carbocycles. The minimum absolute atomic E-state index is 0.272. The number of methoxy groups -OCH3 is 1. The van der Waals surface area contributed by atoms with Gasteiger partial charge in [0.25, 0.3) is 11.1 Å². The lowest BCUT2D eigenvalue weighted by atomic mass is 10.1. The SMILES string of the molecule is COc1ccc(/C=C2\SC(=O)N(c3ccc(C)cc3C)C2=O)cc1. The summed E-state index contributed by atoms with van der Waals surface area (Å²) >= 11 is 0.962. The van der Waals surface area contributed by atoms with Crippen LogP contribution in [0.2, 0.25) is 0 Å². The Morgan fingerprint density at radius 2 is 1.75 bits per heavy atom. The van der Waals surface area contributed by atoms with Gasteiger partial charge in [0, 0.05) is 0 Å². The van der Waals surface area contributed by atoms with Crippen molar-refractivity contribution >= 4 is 34.7 Å². The predicted molar refractivity (Wildman–Crippen MR) is 97.4 cm³/mol. The standard InChI is InChI=1S/C19H17NO3S/c1-12-4-9-16(13(2)10-12)20-18(21)17(24-19(20)22)11-14-5-7-15(23-3)8-6-14/h4-11H,1-3H3/b17-11-. The number of thioether (sulfide) groups is 1. The molecule has 0 unspecified atom stereocenters. The van der Waals surface area contributed by atoms with Gasteiger partial charge in [-0.05, 0) is 61.0 Å². The zero-order chi connectivity index (χ0) is 17.3. The molecule has 2 aromatic carbocycles. The second-order valence-electron chi connectivity index (χ2n) is 5.58. The van der Waals surface area contributed by atoms with Crippen LogP contribution in [0, 0.1) is 13.8 Å². The molecule has 0 spiro atoms. The zero-order valence-electron chi connectivity index (χ0n) is 13.7. The van der Waals surface area contributed by atoms with E-state index in [0.717, 1.165) is 34.2 Å². The highest BCUT2D eigenvalue weighted by atomic mass is 32.2. The van der Waals surface area contributed by atoms with Crippen molar-refractivity contribution in [2.45, 2.75) is 13.8 Å². The Hall–Kier alpha value is -2.53. The summed E-state index contributed by atoms with van der Waals surface area (Å²) < 4.78 is 5.12. The van der Waals surface area contributed by atoms with Gasteiger partial charge in [-0.3, -0.25) is 9.59 Å². The van der Waals surface area contributed by atoms with E-state index in [-0.39, 0.29) is 11.1 Å². The number of rotatable bonds is 3. The molecule has 0 bridgehead atoms. The minimum Gasteiger partial charge on any atom is -0.497 e. The lowest BCUT2D eigenvalue weighted by molar-refractivity contribution is -0.113. The maximum absolute atomic E-state index is 12.7. The average Bonchev–Trinajstić information content (AvgIpc) is 2.83. The summed E-state index contributed by atoms with van der Waals surface area (Å²) in [5.74, 6) is 0.461. The number of amides is 2. The van der Waals surface area contributed by atoms with Crippen molar-refractivity contribution in [1.29, 1.82) is 0 Å².